The number of amides is 2. The van der Waals surface area contributed by atoms with Crippen LogP contribution in [0.25, 0.3) is 5.69 Å². The molecule has 27 heavy (non-hydrogen) atoms. The third-order valence-electron chi connectivity index (χ3n) is 5.36. The SMILES string of the molecule is CN1C(=O)[C@]2(CC(=O)Nc3c2cnn3-c2ccccc2)c2cc(Br)ccc21. The van der Waals surface area contributed by atoms with E-state index in [1.54, 1.807) is 22.8 Å². The molecular formula is C20H15BrN4O2. The fraction of sp³-hybridized carbons (Fsp3) is 0.150. The van der Waals surface area contributed by atoms with Crippen molar-refractivity contribution in [1.82, 2.24) is 9.78 Å². The highest BCUT2D eigenvalue weighted by molar-refractivity contribution is 9.10. The summed E-state index contributed by atoms with van der Waals surface area (Å²) in [7, 11) is 1.75. The van der Waals surface area contributed by atoms with Gasteiger partial charge in [-0.2, -0.15) is 5.10 Å². The molecule has 2 aliphatic rings. The Bertz CT molecular complexity index is 1110. The average molecular weight is 423 g/mol. The number of aromatic nitrogens is 2. The van der Waals surface area contributed by atoms with Gasteiger partial charge < -0.3 is 10.2 Å². The van der Waals surface area contributed by atoms with E-state index in [0.29, 0.717) is 5.82 Å². The number of anilines is 2. The summed E-state index contributed by atoms with van der Waals surface area (Å²) in [5.41, 5.74) is 2.13. The first kappa shape index (κ1) is 16.3. The van der Waals surface area contributed by atoms with Crippen LogP contribution < -0.4 is 10.2 Å². The minimum Gasteiger partial charge on any atom is -0.314 e. The molecule has 2 amide bonds. The van der Waals surface area contributed by atoms with E-state index < -0.39 is 5.41 Å². The lowest BCUT2D eigenvalue weighted by Gasteiger charge is -2.32. The molecule has 0 saturated carbocycles. The Morgan fingerprint density at radius 1 is 1.11 bits per heavy atom. The van der Waals surface area contributed by atoms with Crippen LogP contribution in [0.1, 0.15) is 17.5 Å². The molecule has 0 unspecified atom stereocenters. The Morgan fingerprint density at radius 2 is 1.89 bits per heavy atom. The zero-order chi connectivity index (χ0) is 18.8. The third kappa shape index (κ3) is 2.09. The van der Waals surface area contributed by atoms with E-state index in [9.17, 15) is 9.59 Å². The Balaban J connectivity index is 1.80. The number of para-hydroxylation sites is 1. The van der Waals surface area contributed by atoms with Crippen molar-refractivity contribution in [3.8, 4) is 5.69 Å². The van der Waals surface area contributed by atoms with Gasteiger partial charge in [0.1, 0.15) is 11.2 Å². The van der Waals surface area contributed by atoms with E-state index in [1.165, 1.54) is 0 Å². The second kappa shape index (κ2) is 5.53. The predicted molar refractivity (Wildman–Crippen MR) is 105 cm³/mol. The van der Waals surface area contributed by atoms with Gasteiger partial charge in [0, 0.05) is 29.2 Å². The summed E-state index contributed by atoms with van der Waals surface area (Å²) in [4.78, 5) is 27.7. The van der Waals surface area contributed by atoms with Crippen molar-refractivity contribution < 1.29 is 9.59 Å². The molecule has 0 fully saturated rings. The smallest absolute Gasteiger partial charge is 0.242 e. The van der Waals surface area contributed by atoms with Crippen LogP contribution in [0.5, 0.6) is 0 Å². The van der Waals surface area contributed by atoms with Crippen LogP contribution in [-0.2, 0) is 15.0 Å². The minimum atomic E-state index is -1.06. The number of hydrogen-bond acceptors (Lipinski definition) is 3. The van der Waals surface area contributed by atoms with Crippen LogP contribution in [0.2, 0.25) is 0 Å². The molecule has 1 aromatic heterocycles. The Morgan fingerprint density at radius 3 is 2.67 bits per heavy atom. The van der Waals surface area contributed by atoms with Crippen LogP contribution in [0, 0.1) is 0 Å². The van der Waals surface area contributed by atoms with E-state index in [4.69, 9.17) is 0 Å². The van der Waals surface area contributed by atoms with Crippen molar-refractivity contribution in [2.45, 2.75) is 11.8 Å². The molecule has 5 rings (SSSR count). The molecule has 0 saturated heterocycles. The summed E-state index contributed by atoms with van der Waals surface area (Å²) >= 11 is 3.50. The summed E-state index contributed by atoms with van der Waals surface area (Å²) in [6.45, 7) is 0. The van der Waals surface area contributed by atoms with Crippen molar-refractivity contribution in [3.05, 3.63) is 70.3 Å². The van der Waals surface area contributed by atoms with Gasteiger partial charge in [-0.05, 0) is 35.9 Å². The fourth-order valence-electron chi connectivity index (χ4n) is 4.14. The van der Waals surface area contributed by atoms with E-state index in [1.807, 2.05) is 48.5 Å². The first-order valence-electron chi connectivity index (χ1n) is 8.54. The molecule has 0 bridgehead atoms. The first-order valence-corrected chi connectivity index (χ1v) is 9.33. The standard InChI is InChI=1S/C20H15BrN4O2/c1-24-16-8-7-12(21)9-14(16)20(19(24)27)10-17(26)23-18-15(20)11-22-25(18)13-5-3-2-4-6-13/h2-9,11H,10H2,1H3,(H,23,26)/t20-/m1/s1. The zero-order valence-electron chi connectivity index (χ0n) is 14.4. The van der Waals surface area contributed by atoms with Gasteiger partial charge >= 0.3 is 0 Å². The molecule has 0 aliphatic carbocycles. The van der Waals surface area contributed by atoms with Gasteiger partial charge in [0.15, 0.2) is 0 Å². The number of rotatable bonds is 1. The number of nitrogens with zero attached hydrogens (tertiary/aromatic N) is 3. The van der Waals surface area contributed by atoms with Gasteiger partial charge in [-0.3, -0.25) is 9.59 Å². The highest BCUT2D eigenvalue weighted by atomic mass is 79.9. The van der Waals surface area contributed by atoms with E-state index in [2.05, 4.69) is 26.3 Å². The summed E-state index contributed by atoms with van der Waals surface area (Å²) in [6.07, 6.45) is 1.76. The normalized spacial score (nSPS) is 20.6. The molecule has 1 N–H and O–H groups in total. The summed E-state index contributed by atoms with van der Waals surface area (Å²) in [5.74, 6) is 0.237. The fourth-order valence-corrected chi connectivity index (χ4v) is 4.50. The first-order chi connectivity index (χ1) is 13.0. The van der Waals surface area contributed by atoms with Crippen LogP contribution in [0.4, 0.5) is 11.5 Å². The maximum atomic E-state index is 13.4. The summed E-state index contributed by atoms with van der Waals surface area (Å²) in [6, 6.07) is 15.3. The average Bonchev–Trinajstić information content (AvgIpc) is 3.17. The van der Waals surface area contributed by atoms with Crippen molar-refractivity contribution in [2.24, 2.45) is 0 Å². The second-order valence-electron chi connectivity index (χ2n) is 6.81. The van der Waals surface area contributed by atoms with Crippen molar-refractivity contribution >= 4 is 39.2 Å². The number of fused-ring (bicyclic) bond motifs is 4. The van der Waals surface area contributed by atoms with Gasteiger partial charge in [-0.25, -0.2) is 4.68 Å². The minimum absolute atomic E-state index is 0.0626. The number of hydrogen-bond donors (Lipinski definition) is 1. The predicted octanol–water partition coefficient (Wildman–Crippen LogP) is 3.24. The molecule has 1 spiro atoms. The zero-order valence-corrected chi connectivity index (χ0v) is 16.0. The third-order valence-corrected chi connectivity index (χ3v) is 5.86. The number of carbonyl (C=O) groups excluding carboxylic acids is 2. The Labute approximate surface area is 163 Å². The van der Waals surface area contributed by atoms with E-state index in [-0.39, 0.29) is 18.2 Å². The van der Waals surface area contributed by atoms with Crippen molar-refractivity contribution in [1.29, 1.82) is 0 Å². The Hall–Kier alpha value is -2.93. The highest BCUT2D eigenvalue weighted by Crippen LogP contribution is 2.52. The van der Waals surface area contributed by atoms with E-state index >= 15 is 0 Å². The molecule has 2 aromatic carbocycles. The van der Waals surface area contributed by atoms with Crippen LogP contribution in [0.15, 0.2) is 59.2 Å². The van der Waals surface area contributed by atoms with Crippen LogP contribution in [-0.4, -0.2) is 28.6 Å². The number of halogens is 1. The summed E-state index contributed by atoms with van der Waals surface area (Å²) < 4.78 is 2.55. The molecular weight excluding hydrogens is 408 g/mol. The second-order valence-corrected chi connectivity index (χ2v) is 7.73. The number of nitrogens with one attached hydrogen (secondary N) is 1. The number of likely N-dealkylation sites (N-methyl/N-ethyl adjacent to an activating group) is 1. The molecule has 2 aliphatic heterocycles. The lowest BCUT2D eigenvalue weighted by Crippen LogP contribution is -2.45. The lowest BCUT2D eigenvalue weighted by atomic mass is 9.72. The van der Waals surface area contributed by atoms with Crippen LogP contribution in [0.3, 0.4) is 0 Å². The summed E-state index contributed by atoms with van der Waals surface area (Å²) in [5, 5.41) is 7.41. The number of benzene rings is 2. The number of carbonyl (C=O) groups is 2. The molecule has 3 aromatic rings. The lowest BCUT2D eigenvalue weighted by molar-refractivity contribution is -0.126. The quantitative estimate of drug-likeness (QED) is 0.654. The van der Waals surface area contributed by atoms with Crippen LogP contribution >= 0.6 is 15.9 Å². The van der Waals surface area contributed by atoms with Gasteiger partial charge in [0.25, 0.3) is 0 Å². The molecule has 6 nitrogen and oxygen atoms in total. The van der Waals surface area contributed by atoms with Crippen molar-refractivity contribution in [2.75, 3.05) is 17.3 Å². The molecule has 7 heteroatoms. The molecule has 1 atom stereocenters. The molecule has 134 valence electrons. The van der Waals surface area contributed by atoms with Gasteiger partial charge in [-0.1, -0.05) is 34.1 Å². The van der Waals surface area contributed by atoms with E-state index in [0.717, 1.165) is 27.0 Å². The largest absolute Gasteiger partial charge is 0.314 e. The van der Waals surface area contributed by atoms with Crippen molar-refractivity contribution in [3.63, 3.8) is 0 Å². The maximum Gasteiger partial charge on any atom is 0.242 e. The Kier molecular flexibility index (Phi) is 3.33. The molecule has 0 radical (unpaired) electrons. The van der Waals surface area contributed by atoms with Gasteiger partial charge in [0.2, 0.25) is 11.8 Å². The topological polar surface area (TPSA) is 67.2 Å². The van der Waals surface area contributed by atoms with Gasteiger partial charge in [-0.15, -0.1) is 0 Å². The molecule has 3 heterocycles. The van der Waals surface area contributed by atoms with Gasteiger partial charge in [0.05, 0.1) is 11.9 Å². The monoisotopic (exact) mass is 422 g/mol. The highest BCUT2D eigenvalue weighted by Gasteiger charge is 2.56. The maximum absolute atomic E-state index is 13.4.